The van der Waals surface area contributed by atoms with E-state index in [0.29, 0.717) is 17.7 Å². The first-order chi connectivity index (χ1) is 13.8. The van der Waals surface area contributed by atoms with Gasteiger partial charge in [0.15, 0.2) is 0 Å². The van der Waals surface area contributed by atoms with E-state index in [1.54, 1.807) is 12.1 Å². The summed E-state index contributed by atoms with van der Waals surface area (Å²) in [5.41, 5.74) is 2.06. The Balaban J connectivity index is 1.90. The number of non-ortho nitro benzene ring substituents is 1. The molecule has 1 aliphatic heterocycles. The van der Waals surface area contributed by atoms with Crippen molar-refractivity contribution in [1.29, 1.82) is 0 Å². The van der Waals surface area contributed by atoms with E-state index < -0.39 is 16.9 Å². The fourth-order valence-corrected chi connectivity index (χ4v) is 3.43. The van der Waals surface area contributed by atoms with Crippen LogP contribution in [0, 0.1) is 10.1 Å². The highest BCUT2D eigenvalue weighted by molar-refractivity contribution is 9.10. The molecule has 0 N–H and O–H groups in total. The Morgan fingerprint density at radius 1 is 1.17 bits per heavy atom. The van der Waals surface area contributed by atoms with Gasteiger partial charge in [0.2, 0.25) is 5.91 Å². The van der Waals surface area contributed by atoms with E-state index in [4.69, 9.17) is 0 Å². The van der Waals surface area contributed by atoms with Gasteiger partial charge in [0.05, 0.1) is 16.7 Å². The number of hydrazone groups is 1. The van der Waals surface area contributed by atoms with Crippen LogP contribution in [-0.2, 0) is 9.59 Å². The van der Waals surface area contributed by atoms with Crippen molar-refractivity contribution in [2.24, 2.45) is 5.10 Å². The summed E-state index contributed by atoms with van der Waals surface area (Å²) in [6, 6.07) is 13.1. The van der Waals surface area contributed by atoms with E-state index >= 15 is 0 Å². The Labute approximate surface area is 175 Å². The third kappa shape index (κ3) is 5.05. The summed E-state index contributed by atoms with van der Waals surface area (Å²) in [6.07, 6.45) is 0.318. The van der Waals surface area contributed by atoms with E-state index in [1.807, 2.05) is 24.3 Å². The smallest absolute Gasteiger partial charge is 0.269 e. The predicted octanol–water partition coefficient (Wildman–Crippen LogP) is 2.96. The third-order valence-electron chi connectivity index (χ3n) is 4.58. The molecule has 150 valence electrons. The largest absolute Gasteiger partial charge is 0.550 e. The zero-order valence-corrected chi connectivity index (χ0v) is 16.9. The molecule has 0 bridgehead atoms. The van der Waals surface area contributed by atoms with Crippen LogP contribution < -0.4 is 5.11 Å². The molecule has 9 heteroatoms. The Morgan fingerprint density at radius 3 is 2.55 bits per heavy atom. The zero-order valence-electron chi connectivity index (χ0n) is 15.3. The number of aliphatic carboxylic acids is 1. The monoisotopic (exact) mass is 458 g/mol. The number of carbonyl (C=O) groups is 2. The van der Waals surface area contributed by atoms with Crippen molar-refractivity contribution in [2.75, 3.05) is 0 Å². The second kappa shape index (κ2) is 8.95. The van der Waals surface area contributed by atoms with Crippen molar-refractivity contribution in [3.05, 3.63) is 74.2 Å². The molecular weight excluding hydrogens is 442 g/mol. The van der Waals surface area contributed by atoms with Crippen LogP contribution in [0.4, 0.5) is 5.69 Å². The van der Waals surface area contributed by atoms with E-state index in [2.05, 4.69) is 21.0 Å². The number of carbonyl (C=O) groups excluding carboxylic acids is 2. The second-order valence-electron chi connectivity index (χ2n) is 6.59. The number of nitrogens with zero attached hydrogens (tertiary/aromatic N) is 3. The van der Waals surface area contributed by atoms with Gasteiger partial charge in [-0.3, -0.25) is 14.9 Å². The quantitative estimate of drug-likeness (QED) is 0.466. The van der Waals surface area contributed by atoms with Crippen LogP contribution in [0.15, 0.2) is 58.1 Å². The molecule has 1 atom stereocenters. The van der Waals surface area contributed by atoms with Crippen LogP contribution in [0.5, 0.6) is 0 Å². The zero-order chi connectivity index (χ0) is 21.0. The van der Waals surface area contributed by atoms with Gasteiger partial charge < -0.3 is 9.90 Å². The van der Waals surface area contributed by atoms with Gasteiger partial charge in [-0.2, -0.15) is 5.10 Å². The lowest BCUT2D eigenvalue weighted by Crippen LogP contribution is -2.28. The van der Waals surface area contributed by atoms with Gasteiger partial charge in [-0.05, 0) is 36.1 Å². The first kappa shape index (κ1) is 20.7. The summed E-state index contributed by atoms with van der Waals surface area (Å²) in [5, 5.41) is 27.5. The average molecular weight is 459 g/mol. The standard InChI is InChI=1S/C20H18BrN3O5/c21-15-9-7-13(8-10-15)17-12-18(14-3-1-4-16(11-14)24(28)29)23(22-17)19(25)5-2-6-20(26)27/h1,3-4,7-11,18H,2,5-6,12H2,(H,26,27)/p-1/t18-/m1/s1. The lowest BCUT2D eigenvalue weighted by Gasteiger charge is -2.22. The molecule has 2 aromatic carbocycles. The number of nitro groups is 1. The number of nitro benzene ring substituents is 1. The molecule has 0 aromatic heterocycles. The molecule has 0 radical (unpaired) electrons. The van der Waals surface area contributed by atoms with Crippen molar-refractivity contribution in [3.8, 4) is 0 Å². The Bertz CT molecular complexity index is 974. The van der Waals surface area contributed by atoms with Gasteiger partial charge in [-0.25, -0.2) is 5.01 Å². The summed E-state index contributed by atoms with van der Waals surface area (Å²) in [7, 11) is 0. The number of amides is 1. The minimum atomic E-state index is -1.21. The Hall–Kier alpha value is -3.07. The van der Waals surface area contributed by atoms with Gasteiger partial charge >= 0.3 is 0 Å². The molecule has 0 aliphatic carbocycles. The molecule has 0 unspecified atom stereocenters. The highest BCUT2D eigenvalue weighted by Gasteiger charge is 2.33. The molecule has 0 saturated heterocycles. The van der Waals surface area contributed by atoms with Crippen LogP contribution >= 0.6 is 15.9 Å². The van der Waals surface area contributed by atoms with Crippen molar-refractivity contribution < 1.29 is 19.6 Å². The fraction of sp³-hybridized carbons (Fsp3) is 0.250. The number of rotatable bonds is 7. The number of halogens is 1. The van der Waals surface area contributed by atoms with E-state index in [-0.39, 0.29) is 30.9 Å². The summed E-state index contributed by atoms with van der Waals surface area (Å²) < 4.78 is 0.908. The first-order valence-corrected chi connectivity index (χ1v) is 9.74. The number of hydrogen-bond acceptors (Lipinski definition) is 6. The van der Waals surface area contributed by atoms with E-state index in [9.17, 15) is 24.8 Å². The maximum atomic E-state index is 12.7. The lowest BCUT2D eigenvalue weighted by molar-refractivity contribution is -0.385. The Morgan fingerprint density at radius 2 is 1.90 bits per heavy atom. The van der Waals surface area contributed by atoms with Crippen molar-refractivity contribution in [2.45, 2.75) is 31.7 Å². The second-order valence-corrected chi connectivity index (χ2v) is 7.51. The molecule has 1 aliphatic rings. The van der Waals surface area contributed by atoms with Crippen molar-refractivity contribution >= 4 is 39.2 Å². The topological polar surface area (TPSA) is 116 Å². The third-order valence-corrected chi connectivity index (χ3v) is 5.11. The molecule has 1 heterocycles. The summed E-state index contributed by atoms with van der Waals surface area (Å²) in [5.74, 6) is -1.55. The van der Waals surface area contributed by atoms with E-state index in [1.165, 1.54) is 17.1 Å². The van der Waals surface area contributed by atoms with Crippen molar-refractivity contribution in [3.63, 3.8) is 0 Å². The van der Waals surface area contributed by atoms with Crippen molar-refractivity contribution in [1.82, 2.24) is 5.01 Å². The molecule has 2 aromatic rings. The SMILES string of the molecule is O=C([O-])CCCC(=O)N1N=C(c2ccc(Br)cc2)C[C@@H]1c1cccc([N+](=O)[O-])c1. The summed E-state index contributed by atoms with van der Waals surface area (Å²) in [4.78, 5) is 34.0. The maximum Gasteiger partial charge on any atom is 0.269 e. The summed E-state index contributed by atoms with van der Waals surface area (Å²) in [6.45, 7) is 0. The minimum Gasteiger partial charge on any atom is -0.550 e. The van der Waals surface area contributed by atoms with Gasteiger partial charge in [0.1, 0.15) is 0 Å². The van der Waals surface area contributed by atoms with Gasteiger partial charge in [-0.15, -0.1) is 0 Å². The summed E-state index contributed by atoms with van der Waals surface area (Å²) >= 11 is 3.38. The Kier molecular flexibility index (Phi) is 6.38. The molecule has 0 saturated carbocycles. The van der Waals surface area contributed by atoms with Crippen LogP contribution in [0.25, 0.3) is 0 Å². The molecular formula is C20H17BrN3O5-. The van der Waals surface area contributed by atoms with Gasteiger partial charge in [-0.1, -0.05) is 40.2 Å². The average Bonchev–Trinajstić information content (AvgIpc) is 3.14. The first-order valence-electron chi connectivity index (χ1n) is 8.95. The highest BCUT2D eigenvalue weighted by atomic mass is 79.9. The van der Waals surface area contributed by atoms with Gasteiger partial charge in [0, 0.05) is 35.4 Å². The van der Waals surface area contributed by atoms with Crippen LogP contribution in [0.1, 0.15) is 42.9 Å². The van der Waals surface area contributed by atoms with E-state index in [0.717, 1.165) is 10.0 Å². The predicted molar refractivity (Wildman–Crippen MR) is 107 cm³/mol. The number of benzene rings is 2. The highest BCUT2D eigenvalue weighted by Crippen LogP contribution is 2.35. The molecule has 29 heavy (non-hydrogen) atoms. The number of carboxylic acids is 1. The van der Waals surface area contributed by atoms with Crippen LogP contribution in [-0.4, -0.2) is 27.5 Å². The molecule has 0 fully saturated rings. The lowest BCUT2D eigenvalue weighted by atomic mass is 9.98. The van der Waals surface area contributed by atoms with Crippen LogP contribution in [0.2, 0.25) is 0 Å². The minimum absolute atomic E-state index is 0.00345. The molecule has 1 amide bonds. The molecule has 0 spiro atoms. The number of hydrogen-bond donors (Lipinski definition) is 0. The molecule has 8 nitrogen and oxygen atoms in total. The van der Waals surface area contributed by atoms with Crippen LogP contribution in [0.3, 0.4) is 0 Å². The number of carboxylic acid groups (broad SMARTS) is 1. The fourth-order valence-electron chi connectivity index (χ4n) is 3.16. The molecule has 3 rings (SSSR count). The van der Waals surface area contributed by atoms with Gasteiger partial charge in [0.25, 0.3) is 5.69 Å². The maximum absolute atomic E-state index is 12.7. The normalized spacial score (nSPS) is 15.8.